The van der Waals surface area contributed by atoms with E-state index in [0.29, 0.717) is 5.82 Å². The molecule has 1 fully saturated rings. The van der Waals surface area contributed by atoms with Crippen molar-refractivity contribution in [2.45, 2.75) is 39.5 Å². The predicted octanol–water partition coefficient (Wildman–Crippen LogP) is 1.36. The van der Waals surface area contributed by atoms with Gasteiger partial charge in [-0.05, 0) is 24.7 Å². The first-order valence-electron chi connectivity index (χ1n) is 7.79. The van der Waals surface area contributed by atoms with Crippen LogP contribution < -0.4 is 16.1 Å². The first-order valence-corrected chi connectivity index (χ1v) is 7.79. The molecule has 0 aliphatic carbocycles. The molecular formula is C16H24N4O2. The van der Waals surface area contributed by atoms with Gasteiger partial charge in [0.05, 0.1) is 0 Å². The third-order valence-corrected chi connectivity index (χ3v) is 4.68. The zero-order valence-electron chi connectivity index (χ0n) is 13.8. The Kier molecular flexibility index (Phi) is 4.45. The minimum atomic E-state index is -0.511. The molecule has 1 aliphatic heterocycles. The number of anilines is 1. The normalized spacial score (nSPS) is 21.7. The van der Waals surface area contributed by atoms with E-state index in [2.05, 4.69) is 13.8 Å². The van der Waals surface area contributed by atoms with Crippen LogP contribution in [0.1, 0.15) is 45.1 Å². The van der Waals surface area contributed by atoms with Gasteiger partial charge in [0.2, 0.25) is 0 Å². The SMILES string of the molecule is CCCC1(C)CCCN(c2c(C#N)c(=O)n(C)c(=O)n2C)C1. The first-order chi connectivity index (χ1) is 10.3. The average molecular weight is 304 g/mol. The molecule has 1 unspecified atom stereocenters. The summed E-state index contributed by atoms with van der Waals surface area (Å²) in [6.07, 6.45) is 4.35. The number of hydrogen-bond donors (Lipinski definition) is 0. The summed E-state index contributed by atoms with van der Waals surface area (Å²) in [6, 6.07) is 1.99. The maximum atomic E-state index is 12.2. The van der Waals surface area contributed by atoms with Gasteiger partial charge in [0.15, 0.2) is 5.56 Å². The second kappa shape index (κ2) is 5.99. The molecular weight excluding hydrogens is 280 g/mol. The molecule has 1 aliphatic rings. The van der Waals surface area contributed by atoms with Crippen LogP contribution in [0.15, 0.2) is 9.59 Å². The molecule has 0 amide bonds. The van der Waals surface area contributed by atoms with E-state index in [1.165, 1.54) is 11.6 Å². The Bertz CT molecular complexity index is 721. The molecule has 22 heavy (non-hydrogen) atoms. The van der Waals surface area contributed by atoms with Crippen LogP contribution in [0, 0.1) is 16.7 Å². The largest absolute Gasteiger partial charge is 0.356 e. The molecule has 1 aromatic heterocycles. The molecule has 1 atom stereocenters. The van der Waals surface area contributed by atoms with E-state index in [-0.39, 0.29) is 16.7 Å². The molecule has 6 nitrogen and oxygen atoms in total. The molecule has 2 rings (SSSR count). The second-order valence-corrected chi connectivity index (χ2v) is 6.60. The van der Waals surface area contributed by atoms with E-state index >= 15 is 0 Å². The van der Waals surface area contributed by atoms with Crippen LogP contribution in [0.4, 0.5) is 5.82 Å². The van der Waals surface area contributed by atoms with Gasteiger partial charge in [-0.1, -0.05) is 20.3 Å². The van der Waals surface area contributed by atoms with Crippen LogP contribution >= 0.6 is 0 Å². The van der Waals surface area contributed by atoms with Crippen LogP contribution in [0.3, 0.4) is 0 Å². The summed E-state index contributed by atoms with van der Waals surface area (Å²) >= 11 is 0. The third kappa shape index (κ3) is 2.68. The number of rotatable bonds is 3. The van der Waals surface area contributed by atoms with Gasteiger partial charge in [0.25, 0.3) is 5.56 Å². The highest BCUT2D eigenvalue weighted by Gasteiger charge is 2.33. The molecule has 1 saturated heterocycles. The van der Waals surface area contributed by atoms with Gasteiger partial charge in [-0.25, -0.2) is 4.79 Å². The lowest BCUT2D eigenvalue weighted by Gasteiger charge is -2.42. The van der Waals surface area contributed by atoms with E-state index in [9.17, 15) is 14.9 Å². The van der Waals surface area contributed by atoms with Crippen molar-refractivity contribution < 1.29 is 0 Å². The number of aromatic nitrogens is 2. The number of hydrogen-bond acceptors (Lipinski definition) is 4. The Hall–Kier alpha value is -2.03. The summed E-state index contributed by atoms with van der Waals surface area (Å²) in [7, 11) is 3.04. The highest BCUT2D eigenvalue weighted by molar-refractivity contribution is 5.54. The maximum absolute atomic E-state index is 12.2. The zero-order chi connectivity index (χ0) is 16.5. The number of nitrogens with zero attached hydrogens (tertiary/aromatic N) is 4. The van der Waals surface area contributed by atoms with Gasteiger partial charge >= 0.3 is 5.69 Å². The summed E-state index contributed by atoms with van der Waals surface area (Å²) in [5, 5.41) is 9.40. The van der Waals surface area contributed by atoms with E-state index in [1.807, 2.05) is 11.0 Å². The quantitative estimate of drug-likeness (QED) is 0.845. The van der Waals surface area contributed by atoms with Crippen molar-refractivity contribution >= 4 is 5.82 Å². The van der Waals surface area contributed by atoms with Gasteiger partial charge in [0, 0.05) is 27.2 Å². The summed E-state index contributed by atoms with van der Waals surface area (Å²) < 4.78 is 2.43. The highest BCUT2D eigenvalue weighted by atomic mass is 16.2. The number of nitriles is 1. The van der Waals surface area contributed by atoms with Crippen molar-refractivity contribution in [3.63, 3.8) is 0 Å². The van der Waals surface area contributed by atoms with Crippen LogP contribution in [-0.4, -0.2) is 22.2 Å². The smallest absolute Gasteiger partial charge is 0.332 e. The third-order valence-electron chi connectivity index (χ3n) is 4.68. The molecule has 120 valence electrons. The lowest BCUT2D eigenvalue weighted by Crippen LogP contribution is -2.47. The highest BCUT2D eigenvalue weighted by Crippen LogP contribution is 2.36. The molecule has 0 spiro atoms. The second-order valence-electron chi connectivity index (χ2n) is 6.60. The fourth-order valence-electron chi connectivity index (χ4n) is 3.61. The standard InChI is InChI=1S/C16H24N4O2/c1-5-7-16(2)8-6-9-20(11-16)13-12(10-17)14(21)19(4)15(22)18(13)3/h5-9,11H2,1-4H3. The van der Waals surface area contributed by atoms with Crippen molar-refractivity contribution in [2.75, 3.05) is 18.0 Å². The van der Waals surface area contributed by atoms with Gasteiger partial charge in [-0.2, -0.15) is 5.26 Å². The maximum Gasteiger partial charge on any atom is 0.332 e. The van der Waals surface area contributed by atoms with E-state index < -0.39 is 5.56 Å². The van der Waals surface area contributed by atoms with Crippen molar-refractivity contribution in [3.05, 3.63) is 26.4 Å². The lowest BCUT2D eigenvalue weighted by molar-refractivity contribution is 0.237. The molecule has 0 radical (unpaired) electrons. The summed E-state index contributed by atoms with van der Waals surface area (Å²) in [4.78, 5) is 26.5. The Morgan fingerprint density at radius 3 is 2.55 bits per heavy atom. The molecule has 0 saturated carbocycles. The molecule has 6 heteroatoms. The van der Waals surface area contributed by atoms with E-state index in [4.69, 9.17) is 0 Å². The topological polar surface area (TPSA) is 71.0 Å². The van der Waals surface area contributed by atoms with E-state index in [0.717, 1.165) is 43.3 Å². The molecule has 2 heterocycles. The zero-order valence-corrected chi connectivity index (χ0v) is 13.8. The molecule has 1 aromatic rings. The fourth-order valence-corrected chi connectivity index (χ4v) is 3.61. The monoisotopic (exact) mass is 304 g/mol. The fraction of sp³-hybridized carbons (Fsp3) is 0.688. The van der Waals surface area contributed by atoms with Crippen LogP contribution in [-0.2, 0) is 14.1 Å². The lowest BCUT2D eigenvalue weighted by atomic mass is 9.78. The Morgan fingerprint density at radius 1 is 1.27 bits per heavy atom. The molecule has 0 N–H and O–H groups in total. The summed E-state index contributed by atoms with van der Waals surface area (Å²) in [5.41, 5.74) is -0.674. The predicted molar refractivity (Wildman–Crippen MR) is 86.1 cm³/mol. The number of piperidine rings is 1. The first kappa shape index (κ1) is 16.3. The van der Waals surface area contributed by atoms with Gasteiger partial charge in [0.1, 0.15) is 11.9 Å². The van der Waals surface area contributed by atoms with E-state index in [1.54, 1.807) is 7.05 Å². The van der Waals surface area contributed by atoms with Gasteiger partial charge in [-0.15, -0.1) is 0 Å². The Morgan fingerprint density at radius 2 is 1.95 bits per heavy atom. The molecule has 0 aromatic carbocycles. The van der Waals surface area contributed by atoms with Crippen LogP contribution in [0.25, 0.3) is 0 Å². The average Bonchev–Trinajstić information content (AvgIpc) is 2.48. The van der Waals surface area contributed by atoms with Crippen LogP contribution in [0.5, 0.6) is 0 Å². The Balaban J connectivity index is 2.56. The molecule has 0 bridgehead atoms. The van der Waals surface area contributed by atoms with Crippen molar-refractivity contribution in [2.24, 2.45) is 19.5 Å². The van der Waals surface area contributed by atoms with Crippen LogP contribution in [0.2, 0.25) is 0 Å². The van der Waals surface area contributed by atoms with Crippen molar-refractivity contribution in [1.29, 1.82) is 5.26 Å². The summed E-state index contributed by atoms with van der Waals surface area (Å²) in [5.74, 6) is 0.470. The Labute approximate surface area is 130 Å². The van der Waals surface area contributed by atoms with Crippen molar-refractivity contribution in [1.82, 2.24) is 9.13 Å². The van der Waals surface area contributed by atoms with Gasteiger partial charge < -0.3 is 4.90 Å². The minimum absolute atomic E-state index is 0.0605. The van der Waals surface area contributed by atoms with Gasteiger partial charge in [-0.3, -0.25) is 13.9 Å². The van der Waals surface area contributed by atoms with Crippen molar-refractivity contribution in [3.8, 4) is 6.07 Å². The summed E-state index contributed by atoms with van der Waals surface area (Å²) in [6.45, 7) is 5.96. The minimum Gasteiger partial charge on any atom is -0.356 e.